The molecule has 0 aliphatic heterocycles. The minimum absolute atomic E-state index is 0.0225. The summed E-state index contributed by atoms with van der Waals surface area (Å²) in [4.78, 5) is 0.0225. The molecule has 2 aromatic carbocycles. The predicted octanol–water partition coefficient (Wildman–Crippen LogP) is 5.39. The second-order valence-electron chi connectivity index (χ2n) is 6.88. The van der Waals surface area contributed by atoms with Crippen LogP contribution in [-0.4, -0.2) is 8.42 Å². The molecular weight excluding hydrogens is 392 g/mol. The molecule has 0 saturated heterocycles. The van der Waals surface area contributed by atoms with Crippen molar-refractivity contribution in [3.8, 4) is 6.07 Å². The maximum Gasteiger partial charge on any atom is 0.188 e. The van der Waals surface area contributed by atoms with Gasteiger partial charge >= 0.3 is 0 Å². The van der Waals surface area contributed by atoms with E-state index in [9.17, 15) is 17.2 Å². The first-order chi connectivity index (χ1) is 12.8. The van der Waals surface area contributed by atoms with Crippen molar-refractivity contribution in [3.63, 3.8) is 0 Å². The average Bonchev–Trinajstić information content (AvgIpc) is 2.65. The van der Waals surface area contributed by atoms with E-state index in [0.717, 1.165) is 18.2 Å². The Balaban J connectivity index is 2.15. The minimum Gasteiger partial charge on any atom is -0.223 e. The van der Waals surface area contributed by atoms with Gasteiger partial charge in [0.1, 0.15) is 16.4 Å². The van der Waals surface area contributed by atoms with E-state index in [-0.39, 0.29) is 29.2 Å². The lowest BCUT2D eigenvalue weighted by Crippen LogP contribution is -2.40. The predicted molar refractivity (Wildman–Crippen MR) is 98.9 cm³/mol. The summed E-state index contributed by atoms with van der Waals surface area (Å²) in [5, 5.41) is 9.31. The van der Waals surface area contributed by atoms with E-state index in [1.165, 1.54) is 24.3 Å². The molecule has 0 amide bonds. The Labute approximate surface area is 162 Å². The van der Waals surface area contributed by atoms with Crippen molar-refractivity contribution in [1.29, 1.82) is 5.26 Å². The molecule has 0 atom stereocenters. The molecule has 1 fully saturated rings. The van der Waals surface area contributed by atoms with Gasteiger partial charge in [-0.05, 0) is 74.1 Å². The molecule has 3 rings (SSSR count). The lowest BCUT2D eigenvalue weighted by atomic mass is 9.77. The number of nitrogens with zero attached hydrogens (tertiary/aromatic N) is 1. The fourth-order valence-corrected chi connectivity index (χ4v) is 6.14. The van der Waals surface area contributed by atoms with E-state index >= 15 is 0 Å². The van der Waals surface area contributed by atoms with Crippen LogP contribution in [0.4, 0.5) is 8.78 Å². The summed E-state index contributed by atoms with van der Waals surface area (Å²) in [6.45, 7) is 0. The van der Waals surface area contributed by atoms with Gasteiger partial charge in [0.2, 0.25) is 0 Å². The SMILES string of the molecule is N#CC[C@H]1CC[C@](c2cc(F)ccc2F)(S(=O)(=O)c2ccc(Cl)cc2)CC1. The fourth-order valence-electron chi connectivity index (χ4n) is 3.85. The van der Waals surface area contributed by atoms with E-state index in [0.29, 0.717) is 24.3 Å². The summed E-state index contributed by atoms with van der Waals surface area (Å²) < 4.78 is 54.1. The first-order valence-electron chi connectivity index (χ1n) is 8.63. The molecule has 1 saturated carbocycles. The summed E-state index contributed by atoms with van der Waals surface area (Å²) in [5.74, 6) is -1.37. The van der Waals surface area contributed by atoms with Gasteiger partial charge in [-0.2, -0.15) is 5.26 Å². The number of rotatable bonds is 4. The van der Waals surface area contributed by atoms with E-state index < -0.39 is 26.2 Å². The van der Waals surface area contributed by atoms with Crippen LogP contribution in [0.3, 0.4) is 0 Å². The highest BCUT2D eigenvalue weighted by Crippen LogP contribution is 2.49. The zero-order valence-corrected chi connectivity index (χ0v) is 16.0. The maximum atomic E-state index is 14.6. The number of benzene rings is 2. The molecule has 0 heterocycles. The molecule has 1 aliphatic rings. The fraction of sp³-hybridized carbons (Fsp3) is 0.350. The zero-order valence-electron chi connectivity index (χ0n) is 14.5. The maximum absolute atomic E-state index is 14.6. The Morgan fingerprint density at radius 2 is 1.74 bits per heavy atom. The third kappa shape index (κ3) is 3.59. The van der Waals surface area contributed by atoms with Crippen molar-refractivity contribution in [1.82, 2.24) is 0 Å². The zero-order chi connectivity index (χ0) is 19.7. The van der Waals surface area contributed by atoms with Crippen LogP contribution in [0.2, 0.25) is 5.02 Å². The highest BCUT2D eigenvalue weighted by molar-refractivity contribution is 7.92. The van der Waals surface area contributed by atoms with Crippen molar-refractivity contribution >= 4 is 21.4 Å². The summed E-state index contributed by atoms with van der Waals surface area (Å²) in [6, 6.07) is 10.7. The Hall–Kier alpha value is -1.97. The first kappa shape index (κ1) is 19.8. The van der Waals surface area contributed by atoms with Crippen LogP contribution < -0.4 is 0 Å². The van der Waals surface area contributed by atoms with Crippen molar-refractivity contribution < 1.29 is 17.2 Å². The van der Waals surface area contributed by atoms with Gasteiger partial charge in [-0.25, -0.2) is 17.2 Å². The van der Waals surface area contributed by atoms with Crippen molar-refractivity contribution in [3.05, 3.63) is 64.7 Å². The van der Waals surface area contributed by atoms with Gasteiger partial charge in [-0.15, -0.1) is 0 Å². The van der Waals surface area contributed by atoms with Crippen LogP contribution in [0.15, 0.2) is 47.4 Å². The van der Waals surface area contributed by atoms with E-state index in [1.54, 1.807) is 0 Å². The van der Waals surface area contributed by atoms with Gasteiger partial charge in [0.25, 0.3) is 0 Å². The topological polar surface area (TPSA) is 57.9 Å². The van der Waals surface area contributed by atoms with Crippen LogP contribution in [0.5, 0.6) is 0 Å². The number of hydrogen-bond acceptors (Lipinski definition) is 3. The van der Waals surface area contributed by atoms with Crippen molar-refractivity contribution in [2.75, 3.05) is 0 Å². The molecule has 0 unspecified atom stereocenters. The Bertz CT molecular complexity index is 976. The number of sulfone groups is 1. The average molecular weight is 410 g/mol. The lowest BCUT2D eigenvalue weighted by Gasteiger charge is -2.39. The standard InChI is InChI=1S/C20H18ClF2NO2S/c21-15-1-4-17(5-2-15)27(25,26)20(10-7-14(8-11-20)9-12-24)18-13-16(22)3-6-19(18)23/h1-6,13-14H,7-11H2/t14-,20-. The second-order valence-corrected chi connectivity index (χ2v) is 9.58. The summed E-state index contributed by atoms with van der Waals surface area (Å²) >= 11 is 5.86. The van der Waals surface area contributed by atoms with Crippen LogP contribution >= 0.6 is 11.6 Å². The molecule has 0 aromatic heterocycles. The summed E-state index contributed by atoms with van der Waals surface area (Å²) in [6.07, 6.45) is 1.49. The molecule has 3 nitrogen and oxygen atoms in total. The normalized spacial score (nSPS) is 23.0. The third-order valence-corrected chi connectivity index (χ3v) is 8.15. The van der Waals surface area contributed by atoms with Gasteiger partial charge in [-0.1, -0.05) is 11.6 Å². The molecule has 0 bridgehead atoms. The highest BCUT2D eigenvalue weighted by atomic mass is 35.5. The summed E-state index contributed by atoms with van der Waals surface area (Å²) in [7, 11) is -4.02. The highest BCUT2D eigenvalue weighted by Gasteiger charge is 2.49. The molecule has 142 valence electrons. The van der Waals surface area contributed by atoms with E-state index in [4.69, 9.17) is 16.9 Å². The summed E-state index contributed by atoms with van der Waals surface area (Å²) in [5.41, 5.74) is -0.146. The number of nitriles is 1. The molecule has 7 heteroatoms. The van der Waals surface area contributed by atoms with Gasteiger partial charge in [0.15, 0.2) is 9.84 Å². The Morgan fingerprint density at radius 3 is 2.33 bits per heavy atom. The van der Waals surface area contributed by atoms with E-state index in [1.807, 2.05) is 0 Å². The Kier molecular flexibility index (Phi) is 5.55. The van der Waals surface area contributed by atoms with Gasteiger partial charge in [0.05, 0.1) is 11.0 Å². The Morgan fingerprint density at radius 1 is 1.11 bits per heavy atom. The smallest absolute Gasteiger partial charge is 0.188 e. The number of hydrogen-bond donors (Lipinski definition) is 0. The monoisotopic (exact) mass is 409 g/mol. The molecule has 0 radical (unpaired) electrons. The van der Waals surface area contributed by atoms with Gasteiger partial charge < -0.3 is 0 Å². The van der Waals surface area contributed by atoms with Crippen LogP contribution in [0.25, 0.3) is 0 Å². The third-order valence-electron chi connectivity index (χ3n) is 5.35. The second kappa shape index (κ2) is 7.57. The molecule has 2 aromatic rings. The largest absolute Gasteiger partial charge is 0.223 e. The van der Waals surface area contributed by atoms with Gasteiger partial charge in [0, 0.05) is 17.0 Å². The first-order valence-corrected chi connectivity index (χ1v) is 10.5. The van der Waals surface area contributed by atoms with Crippen molar-refractivity contribution in [2.45, 2.75) is 41.7 Å². The quantitative estimate of drug-likeness (QED) is 0.680. The van der Waals surface area contributed by atoms with E-state index in [2.05, 4.69) is 6.07 Å². The lowest BCUT2D eigenvalue weighted by molar-refractivity contribution is 0.289. The van der Waals surface area contributed by atoms with Crippen LogP contribution in [-0.2, 0) is 14.6 Å². The molecular formula is C20H18ClF2NO2S. The molecule has 0 N–H and O–H groups in total. The minimum atomic E-state index is -4.02. The van der Waals surface area contributed by atoms with Gasteiger partial charge in [-0.3, -0.25) is 0 Å². The van der Waals surface area contributed by atoms with Crippen molar-refractivity contribution in [2.24, 2.45) is 5.92 Å². The molecule has 1 aliphatic carbocycles. The molecule has 0 spiro atoms. The van der Waals surface area contributed by atoms with Crippen LogP contribution in [0, 0.1) is 28.9 Å². The number of halogens is 3. The molecule has 27 heavy (non-hydrogen) atoms. The van der Waals surface area contributed by atoms with Crippen LogP contribution in [0.1, 0.15) is 37.7 Å².